The number of esters is 1. The summed E-state index contributed by atoms with van der Waals surface area (Å²) in [6.07, 6.45) is 4.56. The monoisotopic (exact) mass is 312 g/mol. The Bertz CT molecular complexity index is 769. The lowest BCUT2D eigenvalue weighted by atomic mass is 10.1. The van der Waals surface area contributed by atoms with Crippen molar-refractivity contribution in [3.05, 3.63) is 69.0 Å². The summed E-state index contributed by atoms with van der Waals surface area (Å²) in [6, 6.07) is 8.97. The Labute approximate surface area is 133 Å². The predicted octanol–water partition coefficient (Wildman–Crippen LogP) is 3.65. The average Bonchev–Trinajstić information content (AvgIpc) is 2.53. The third-order valence-corrected chi connectivity index (χ3v) is 3.09. The molecule has 0 saturated carbocycles. The van der Waals surface area contributed by atoms with Crippen LogP contribution in [0.4, 0.5) is 5.69 Å². The molecule has 0 aliphatic rings. The Balaban J connectivity index is 2.40. The first kappa shape index (κ1) is 16.4. The van der Waals surface area contributed by atoms with E-state index in [4.69, 9.17) is 4.74 Å². The molecule has 0 saturated heterocycles. The van der Waals surface area contributed by atoms with Gasteiger partial charge in [-0.1, -0.05) is 35.9 Å². The van der Waals surface area contributed by atoms with E-state index in [-0.39, 0.29) is 17.9 Å². The minimum Gasteiger partial charge on any atom is -0.462 e. The Kier molecular flexibility index (Phi) is 5.19. The molecular formula is C17H16N2O4. The molecule has 0 unspecified atom stereocenters. The fraction of sp³-hybridized carbons (Fsp3) is 0.176. The van der Waals surface area contributed by atoms with Crippen LogP contribution in [0.1, 0.15) is 34.1 Å². The number of nitro groups is 1. The number of aryl methyl sites for hydroxylation is 1. The summed E-state index contributed by atoms with van der Waals surface area (Å²) in [7, 11) is 0. The summed E-state index contributed by atoms with van der Waals surface area (Å²) in [5.74, 6) is -0.632. The molecule has 2 rings (SSSR count). The number of nitrogens with zero attached hydrogens (tertiary/aromatic N) is 2. The van der Waals surface area contributed by atoms with E-state index in [1.807, 2.05) is 31.2 Å². The van der Waals surface area contributed by atoms with Crippen LogP contribution in [0.3, 0.4) is 0 Å². The van der Waals surface area contributed by atoms with Crippen LogP contribution in [0.15, 0.2) is 36.5 Å². The van der Waals surface area contributed by atoms with Crippen LogP contribution in [-0.2, 0) is 4.74 Å². The number of hydrogen-bond acceptors (Lipinski definition) is 5. The Morgan fingerprint density at radius 2 is 2.13 bits per heavy atom. The van der Waals surface area contributed by atoms with Gasteiger partial charge in [0.25, 0.3) is 5.69 Å². The van der Waals surface area contributed by atoms with Crippen LogP contribution in [-0.4, -0.2) is 22.5 Å². The first-order valence-corrected chi connectivity index (χ1v) is 7.07. The number of aromatic nitrogens is 1. The Morgan fingerprint density at radius 1 is 1.35 bits per heavy atom. The van der Waals surface area contributed by atoms with Crippen molar-refractivity contribution in [3.8, 4) is 0 Å². The molecular weight excluding hydrogens is 296 g/mol. The van der Waals surface area contributed by atoms with E-state index in [1.165, 1.54) is 6.07 Å². The fourth-order valence-corrected chi connectivity index (χ4v) is 2.02. The van der Waals surface area contributed by atoms with E-state index >= 15 is 0 Å². The van der Waals surface area contributed by atoms with Crippen molar-refractivity contribution >= 4 is 23.8 Å². The highest BCUT2D eigenvalue weighted by molar-refractivity contribution is 5.94. The van der Waals surface area contributed by atoms with Crippen molar-refractivity contribution in [1.29, 1.82) is 0 Å². The summed E-state index contributed by atoms with van der Waals surface area (Å²) < 4.78 is 4.94. The molecule has 1 aromatic heterocycles. The molecule has 23 heavy (non-hydrogen) atoms. The second-order valence-corrected chi connectivity index (χ2v) is 4.85. The lowest BCUT2D eigenvalue weighted by Crippen LogP contribution is -2.08. The molecule has 1 aromatic carbocycles. The van der Waals surface area contributed by atoms with Crippen LogP contribution in [0.5, 0.6) is 0 Å². The van der Waals surface area contributed by atoms with Crippen LogP contribution >= 0.6 is 0 Å². The van der Waals surface area contributed by atoms with E-state index in [1.54, 1.807) is 19.1 Å². The first-order valence-electron chi connectivity index (χ1n) is 7.07. The number of carbonyl (C=O) groups is 1. The maximum atomic E-state index is 12.0. The van der Waals surface area contributed by atoms with Crippen molar-refractivity contribution in [2.45, 2.75) is 13.8 Å². The SMILES string of the molecule is CCOC(=O)c1cc([N+](=O)[O-])cnc1C=Cc1cccc(C)c1. The summed E-state index contributed by atoms with van der Waals surface area (Å²) in [5.41, 5.74) is 2.20. The van der Waals surface area contributed by atoms with Crippen molar-refractivity contribution in [1.82, 2.24) is 4.98 Å². The zero-order chi connectivity index (χ0) is 16.8. The molecule has 0 radical (unpaired) electrons. The molecule has 6 nitrogen and oxygen atoms in total. The van der Waals surface area contributed by atoms with Crippen LogP contribution < -0.4 is 0 Å². The summed E-state index contributed by atoms with van der Waals surface area (Å²) in [5, 5.41) is 10.9. The molecule has 2 aromatic rings. The van der Waals surface area contributed by atoms with Crippen molar-refractivity contribution in [3.63, 3.8) is 0 Å². The number of carbonyl (C=O) groups excluding carboxylic acids is 1. The number of rotatable bonds is 5. The molecule has 0 fully saturated rings. The van der Waals surface area contributed by atoms with Gasteiger partial charge in [0, 0.05) is 6.07 Å². The largest absolute Gasteiger partial charge is 0.462 e. The first-order chi connectivity index (χ1) is 11.0. The number of hydrogen-bond donors (Lipinski definition) is 0. The third-order valence-electron chi connectivity index (χ3n) is 3.09. The molecule has 0 spiro atoms. The normalized spacial score (nSPS) is 10.7. The number of benzene rings is 1. The van der Waals surface area contributed by atoms with E-state index in [2.05, 4.69) is 4.98 Å². The Morgan fingerprint density at radius 3 is 2.78 bits per heavy atom. The van der Waals surface area contributed by atoms with Crippen molar-refractivity contribution < 1.29 is 14.5 Å². The van der Waals surface area contributed by atoms with E-state index in [0.717, 1.165) is 17.3 Å². The minimum absolute atomic E-state index is 0.0740. The highest BCUT2D eigenvalue weighted by atomic mass is 16.6. The lowest BCUT2D eigenvalue weighted by molar-refractivity contribution is -0.385. The number of pyridine rings is 1. The lowest BCUT2D eigenvalue weighted by Gasteiger charge is -2.05. The van der Waals surface area contributed by atoms with Gasteiger partial charge in [0.2, 0.25) is 0 Å². The van der Waals surface area contributed by atoms with Gasteiger partial charge in [0.05, 0.1) is 22.8 Å². The smallest absolute Gasteiger partial charge is 0.340 e. The van der Waals surface area contributed by atoms with Crippen LogP contribution in [0.25, 0.3) is 12.2 Å². The minimum atomic E-state index is -0.632. The molecule has 1 heterocycles. The zero-order valence-corrected chi connectivity index (χ0v) is 12.9. The maximum Gasteiger partial charge on any atom is 0.340 e. The summed E-state index contributed by atoms with van der Waals surface area (Å²) in [6.45, 7) is 3.83. The van der Waals surface area contributed by atoms with Gasteiger partial charge < -0.3 is 4.74 Å². The molecule has 0 aliphatic heterocycles. The fourth-order valence-electron chi connectivity index (χ4n) is 2.02. The van der Waals surface area contributed by atoms with Gasteiger partial charge in [-0.15, -0.1) is 0 Å². The van der Waals surface area contributed by atoms with Gasteiger partial charge in [0.15, 0.2) is 0 Å². The molecule has 6 heteroatoms. The topological polar surface area (TPSA) is 82.3 Å². The van der Waals surface area contributed by atoms with Crippen LogP contribution in [0.2, 0.25) is 0 Å². The molecule has 0 N–H and O–H groups in total. The van der Waals surface area contributed by atoms with E-state index in [9.17, 15) is 14.9 Å². The second kappa shape index (κ2) is 7.31. The molecule has 0 bridgehead atoms. The van der Waals surface area contributed by atoms with Gasteiger partial charge in [-0.2, -0.15) is 0 Å². The second-order valence-electron chi connectivity index (χ2n) is 4.85. The van der Waals surface area contributed by atoms with E-state index in [0.29, 0.717) is 5.69 Å². The predicted molar refractivity (Wildman–Crippen MR) is 87.0 cm³/mol. The van der Waals surface area contributed by atoms with Gasteiger partial charge >= 0.3 is 5.97 Å². The molecule has 0 amide bonds. The van der Waals surface area contributed by atoms with Crippen LogP contribution in [0, 0.1) is 17.0 Å². The van der Waals surface area contributed by atoms with Gasteiger partial charge in [-0.3, -0.25) is 10.1 Å². The highest BCUT2D eigenvalue weighted by Crippen LogP contribution is 2.19. The maximum absolute atomic E-state index is 12.0. The number of ether oxygens (including phenoxy) is 1. The van der Waals surface area contributed by atoms with Crippen molar-refractivity contribution in [2.24, 2.45) is 0 Å². The quantitative estimate of drug-likeness (QED) is 0.478. The molecule has 0 atom stereocenters. The summed E-state index contributed by atoms with van der Waals surface area (Å²) >= 11 is 0. The summed E-state index contributed by atoms with van der Waals surface area (Å²) in [4.78, 5) is 26.3. The Hall–Kier alpha value is -3.02. The van der Waals surface area contributed by atoms with E-state index < -0.39 is 10.9 Å². The third kappa shape index (κ3) is 4.23. The highest BCUT2D eigenvalue weighted by Gasteiger charge is 2.17. The molecule has 0 aliphatic carbocycles. The van der Waals surface area contributed by atoms with Gasteiger partial charge in [-0.25, -0.2) is 9.78 Å². The van der Waals surface area contributed by atoms with Crippen molar-refractivity contribution in [2.75, 3.05) is 6.61 Å². The standard InChI is InChI=1S/C17H16N2O4/c1-3-23-17(20)15-10-14(19(21)22)11-18-16(15)8-7-13-6-4-5-12(2)9-13/h4-11H,3H2,1-2H3. The van der Waals surface area contributed by atoms with Gasteiger partial charge in [-0.05, 0) is 25.5 Å². The zero-order valence-electron chi connectivity index (χ0n) is 12.9. The average molecular weight is 312 g/mol. The van der Waals surface area contributed by atoms with Gasteiger partial charge in [0.1, 0.15) is 6.20 Å². The molecule has 118 valence electrons.